The molecule has 0 unspecified atom stereocenters. The molecule has 0 saturated heterocycles. The van der Waals surface area contributed by atoms with Gasteiger partial charge < -0.3 is 8.85 Å². The molecule has 0 bridgehead atoms. The van der Waals surface area contributed by atoms with E-state index in [0.29, 0.717) is 6.42 Å². The van der Waals surface area contributed by atoms with Crippen molar-refractivity contribution in [3.63, 3.8) is 0 Å². The number of fused-ring (bicyclic) bond motifs is 1. The average Bonchev–Trinajstić information content (AvgIpc) is 2.52. The van der Waals surface area contributed by atoms with Crippen molar-refractivity contribution in [2.24, 2.45) is 0 Å². The Bertz CT molecular complexity index is 555. The van der Waals surface area contributed by atoms with E-state index in [2.05, 4.69) is 50.5 Å². The third-order valence-electron chi connectivity index (χ3n) is 4.83. The van der Waals surface area contributed by atoms with Crippen LogP contribution in [0.2, 0.25) is 26.2 Å². The van der Waals surface area contributed by atoms with Gasteiger partial charge >= 0.3 is 0 Å². The first-order valence-electron chi connectivity index (χ1n) is 9.29. The SMILES string of the molecule is C[Si]1(C)OCCCCCCCCC(=O)O[Si](C)(C)c2ccccc21. The lowest BCUT2D eigenvalue weighted by Crippen LogP contribution is -2.61. The minimum Gasteiger partial charge on any atom is -0.515 e. The highest BCUT2D eigenvalue weighted by Gasteiger charge is 2.37. The van der Waals surface area contributed by atoms with Crippen LogP contribution >= 0.6 is 0 Å². The summed E-state index contributed by atoms with van der Waals surface area (Å²) in [5.41, 5.74) is 0. The molecule has 0 radical (unpaired) electrons. The molecule has 24 heavy (non-hydrogen) atoms. The van der Waals surface area contributed by atoms with Crippen LogP contribution in [0, 0.1) is 0 Å². The molecule has 0 atom stereocenters. The summed E-state index contributed by atoms with van der Waals surface area (Å²) in [5.74, 6) is -0.0308. The van der Waals surface area contributed by atoms with Crippen molar-refractivity contribution in [1.29, 1.82) is 0 Å². The molecule has 1 heterocycles. The highest BCUT2D eigenvalue weighted by molar-refractivity contribution is 6.95. The lowest BCUT2D eigenvalue weighted by molar-refractivity contribution is -0.135. The second-order valence-electron chi connectivity index (χ2n) is 7.76. The van der Waals surface area contributed by atoms with Gasteiger partial charge in [0.15, 0.2) is 0 Å². The normalized spacial score (nSPS) is 22.6. The third kappa shape index (κ3) is 5.29. The van der Waals surface area contributed by atoms with E-state index in [9.17, 15) is 4.79 Å². The topological polar surface area (TPSA) is 35.5 Å². The molecule has 134 valence electrons. The molecule has 0 amide bonds. The van der Waals surface area contributed by atoms with Crippen molar-refractivity contribution in [3.8, 4) is 0 Å². The maximum absolute atomic E-state index is 12.3. The predicted octanol–water partition coefficient (Wildman–Crippen LogP) is 3.81. The Morgan fingerprint density at radius 3 is 2.00 bits per heavy atom. The van der Waals surface area contributed by atoms with E-state index in [1.54, 1.807) is 0 Å². The lowest BCUT2D eigenvalue weighted by Gasteiger charge is -2.31. The van der Waals surface area contributed by atoms with Gasteiger partial charge in [-0.3, -0.25) is 4.79 Å². The number of hydrogen-bond donors (Lipinski definition) is 0. The Morgan fingerprint density at radius 2 is 1.33 bits per heavy atom. The summed E-state index contributed by atoms with van der Waals surface area (Å²) < 4.78 is 12.4. The number of carbonyl (C=O) groups is 1. The average molecular weight is 365 g/mol. The molecule has 0 N–H and O–H groups in total. The minimum absolute atomic E-state index is 0.0308. The van der Waals surface area contributed by atoms with Gasteiger partial charge in [-0.1, -0.05) is 49.9 Å². The van der Waals surface area contributed by atoms with Crippen LogP contribution in [0.25, 0.3) is 0 Å². The van der Waals surface area contributed by atoms with Crippen LogP contribution in [-0.4, -0.2) is 29.2 Å². The molecule has 2 rings (SSSR count). The lowest BCUT2D eigenvalue weighted by atomic mass is 10.1. The Kier molecular flexibility index (Phi) is 6.83. The molecule has 0 spiro atoms. The molecule has 0 aromatic heterocycles. The van der Waals surface area contributed by atoms with Crippen molar-refractivity contribution < 1.29 is 13.6 Å². The Hall–Kier alpha value is -0.916. The van der Waals surface area contributed by atoms with Gasteiger partial charge in [0.25, 0.3) is 14.3 Å². The van der Waals surface area contributed by atoms with Gasteiger partial charge in [0.1, 0.15) is 0 Å². The summed E-state index contributed by atoms with van der Waals surface area (Å²) in [6.45, 7) is 9.63. The fraction of sp³-hybridized carbons (Fsp3) is 0.632. The van der Waals surface area contributed by atoms with Crippen LogP contribution in [0.3, 0.4) is 0 Å². The molecule has 1 aliphatic rings. The Balaban J connectivity index is 2.31. The summed E-state index contributed by atoms with van der Waals surface area (Å²) in [4.78, 5) is 12.3. The maximum atomic E-state index is 12.3. The van der Waals surface area contributed by atoms with Crippen LogP contribution in [0.4, 0.5) is 0 Å². The van der Waals surface area contributed by atoms with Crippen molar-refractivity contribution >= 4 is 33.0 Å². The summed E-state index contributed by atoms with van der Waals surface area (Å²) in [7, 11) is -4.27. The summed E-state index contributed by atoms with van der Waals surface area (Å²) in [6.07, 6.45) is 7.41. The van der Waals surface area contributed by atoms with E-state index in [1.807, 2.05) is 0 Å². The van der Waals surface area contributed by atoms with Gasteiger partial charge in [-0.25, -0.2) is 0 Å². The molecular formula is C19H32O3Si2. The molecule has 0 saturated carbocycles. The van der Waals surface area contributed by atoms with E-state index < -0.39 is 16.6 Å². The van der Waals surface area contributed by atoms with Gasteiger partial charge in [-0.15, -0.1) is 0 Å². The second-order valence-corrected chi connectivity index (χ2v) is 15.4. The van der Waals surface area contributed by atoms with Crippen LogP contribution in [0.5, 0.6) is 0 Å². The van der Waals surface area contributed by atoms with Crippen molar-refractivity contribution in [2.75, 3.05) is 6.61 Å². The first-order chi connectivity index (χ1) is 11.3. The summed E-state index contributed by atoms with van der Waals surface area (Å²) >= 11 is 0. The van der Waals surface area contributed by atoms with E-state index in [4.69, 9.17) is 8.85 Å². The predicted molar refractivity (Wildman–Crippen MR) is 105 cm³/mol. The maximum Gasteiger partial charge on any atom is 0.292 e. The van der Waals surface area contributed by atoms with Crippen LogP contribution < -0.4 is 10.4 Å². The van der Waals surface area contributed by atoms with Crippen LogP contribution in [0.1, 0.15) is 44.9 Å². The third-order valence-corrected chi connectivity index (χ3v) is 10.2. The largest absolute Gasteiger partial charge is 0.515 e. The molecule has 5 heteroatoms. The highest BCUT2D eigenvalue weighted by atomic mass is 28.4. The monoisotopic (exact) mass is 364 g/mol. The quantitative estimate of drug-likeness (QED) is 0.657. The number of carbonyl (C=O) groups excluding carboxylic acids is 1. The van der Waals surface area contributed by atoms with Crippen molar-refractivity contribution in [2.45, 2.75) is 71.1 Å². The zero-order valence-corrected chi connectivity index (χ0v) is 17.7. The fourth-order valence-electron chi connectivity index (χ4n) is 3.41. The summed E-state index contributed by atoms with van der Waals surface area (Å²) in [6, 6.07) is 8.46. The summed E-state index contributed by atoms with van der Waals surface area (Å²) in [5, 5.41) is 2.52. The second kappa shape index (κ2) is 8.45. The van der Waals surface area contributed by atoms with Gasteiger partial charge in [0, 0.05) is 13.0 Å². The number of benzene rings is 1. The molecule has 0 fully saturated rings. The molecule has 1 aromatic rings. The Morgan fingerprint density at radius 1 is 0.792 bits per heavy atom. The van der Waals surface area contributed by atoms with E-state index in [0.717, 1.165) is 25.9 Å². The van der Waals surface area contributed by atoms with E-state index >= 15 is 0 Å². The number of hydrogen-bond acceptors (Lipinski definition) is 3. The molecule has 3 nitrogen and oxygen atoms in total. The zero-order valence-electron chi connectivity index (χ0n) is 15.7. The van der Waals surface area contributed by atoms with Gasteiger partial charge in [-0.05, 0) is 49.4 Å². The van der Waals surface area contributed by atoms with Crippen molar-refractivity contribution in [1.82, 2.24) is 0 Å². The minimum atomic E-state index is -2.28. The smallest absolute Gasteiger partial charge is 0.292 e. The Labute approximate surface area is 149 Å². The van der Waals surface area contributed by atoms with Crippen LogP contribution in [0.15, 0.2) is 24.3 Å². The van der Waals surface area contributed by atoms with E-state index in [-0.39, 0.29) is 5.97 Å². The highest BCUT2D eigenvalue weighted by Crippen LogP contribution is 2.15. The van der Waals surface area contributed by atoms with Gasteiger partial charge in [-0.2, -0.15) is 0 Å². The zero-order chi connectivity index (χ0) is 17.6. The van der Waals surface area contributed by atoms with Gasteiger partial charge in [0.2, 0.25) is 8.32 Å². The number of rotatable bonds is 0. The van der Waals surface area contributed by atoms with Crippen LogP contribution in [-0.2, 0) is 13.6 Å². The molecule has 0 aliphatic carbocycles. The van der Waals surface area contributed by atoms with Gasteiger partial charge in [0.05, 0.1) is 0 Å². The molecule has 1 aromatic carbocycles. The fourth-order valence-corrected chi connectivity index (χ4v) is 9.26. The first-order valence-corrected chi connectivity index (χ1v) is 15.1. The van der Waals surface area contributed by atoms with E-state index in [1.165, 1.54) is 29.6 Å². The molecular weight excluding hydrogens is 332 g/mol. The standard InChI is InChI=1S/C19H32O3Si2/c1-23(2)17-13-10-11-14-18(17)24(3,4)22-19(20)15-9-7-5-6-8-12-16-21-23/h10-11,13-14H,5-9,12,15-16H2,1-4H3. The first kappa shape index (κ1) is 19.4. The molecule has 1 aliphatic heterocycles. The van der Waals surface area contributed by atoms with Crippen molar-refractivity contribution in [3.05, 3.63) is 24.3 Å².